The van der Waals surface area contributed by atoms with Crippen LogP contribution in [0.15, 0.2) is 54.9 Å². The molecule has 1 aromatic heterocycles. The molecule has 1 saturated heterocycles. The molecule has 8 nitrogen and oxygen atoms in total. The van der Waals surface area contributed by atoms with Gasteiger partial charge in [-0.3, -0.25) is 9.69 Å². The second-order valence-electron chi connectivity index (χ2n) is 8.18. The Morgan fingerprint density at radius 2 is 1.85 bits per heavy atom. The third-order valence-corrected chi connectivity index (χ3v) is 6.08. The van der Waals surface area contributed by atoms with Crippen LogP contribution in [0.1, 0.15) is 18.5 Å². The highest BCUT2D eigenvalue weighted by atomic mass is 19.1. The van der Waals surface area contributed by atoms with Gasteiger partial charge in [-0.1, -0.05) is 12.1 Å². The molecule has 3 aromatic rings. The van der Waals surface area contributed by atoms with Gasteiger partial charge < -0.3 is 20.3 Å². The largest absolute Gasteiger partial charge is 0.482 e. The minimum atomic E-state index is -0.211. The number of benzene rings is 2. The number of nitrogens with zero attached hydrogens (tertiary/aromatic N) is 4. The highest BCUT2D eigenvalue weighted by Crippen LogP contribution is 2.32. The number of halogens is 1. The number of fused-ring (bicyclic) bond motifs is 1. The van der Waals surface area contributed by atoms with Crippen LogP contribution in [0.3, 0.4) is 0 Å². The molecule has 0 spiro atoms. The Hall–Kier alpha value is -3.72. The Kier molecular flexibility index (Phi) is 5.78. The number of aromatic nitrogens is 2. The number of rotatable bonds is 5. The molecule has 2 N–H and O–H groups in total. The van der Waals surface area contributed by atoms with Gasteiger partial charge in [0, 0.05) is 44.0 Å². The molecule has 0 radical (unpaired) electrons. The lowest BCUT2D eigenvalue weighted by molar-refractivity contribution is -0.118. The van der Waals surface area contributed by atoms with Crippen molar-refractivity contribution in [3.8, 4) is 5.75 Å². The van der Waals surface area contributed by atoms with Crippen LogP contribution in [0, 0.1) is 5.82 Å². The zero-order chi connectivity index (χ0) is 22.8. The fourth-order valence-electron chi connectivity index (χ4n) is 4.19. The Morgan fingerprint density at radius 3 is 2.64 bits per heavy atom. The van der Waals surface area contributed by atoms with Crippen molar-refractivity contribution in [1.29, 1.82) is 0 Å². The van der Waals surface area contributed by atoms with Crippen LogP contribution in [0.25, 0.3) is 0 Å². The minimum Gasteiger partial charge on any atom is -0.482 e. The number of amides is 1. The Morgan fingerprint density at radius 1 is 1.06 bits per heavy atom. The molecule has 2 aliphatic rings. The first-order chi connectivity index (χ1) is 16.0. The summed E-state index contributed by atoms with van der Waals surface area (Å²) in [4.78, 5) is 25.0. The fourth-order valence-corrected chi connectivity index (χ4v) is 4.19. The van der Waals surface area contributed by atoms with Crippen LogP contribution in [0.4, 0.5) is 27.4 Å². The Balaban J connectivity index is 1.22. The maximum Gasteiger partial charge on any atom is 0.262 e. The summed E-state index contributed by atoms with van der Waals surface area (Å²) in [6.45, 7) is 5.63. The normalized spacial score (nSPS) is 17.0. The van der Waals surface area contributed by atoms with Gasteiger partial charge in [-0.2, -0.15) is 0 Å². The molecule has 5 rings (SSSR count). The maximum atomic E-state index is 13.2. The van der Waals surface area contributed by atoms with Crippen molar-refractivity contribution in [1.82, 2.24) is 14.9 Å². The Labute approximate surface area is 191 Å². The van der Waals surface area contributed by atoms with Crippen molar-refractivity contribution >= 4 is 28.9 Å². The summed E-state index contributed by atoms with van der Waals surface area (Å²) in [5.74, 6) is 1.80. The van der Waals surface area contributed by atoms with E-state index in [1.165, 1.54) is 12.1 Å². The van der Waals surface area contributed by atoms with Crippen molar-refractivity contribution in [3.05, 3.63) is 66.2 Å². The first kappa shape index (κ1) is 21.1. The number of hydrogen-bond acceptors (Lipinski definition) is 7. The molecule has 1 atom stereocenters. The molecule has 1 amide bonds. The van der Waals surface area contributed by atoms with Crippen molar-refractivity contribution in [2.24, 2.45) is 0 Å². The number of hydrogen-bond donors (Lipinski definition) is 2. The molecule has 170 valence electrons. The summed E-state index contributed by atoms with van der Waals surface area (Å²) in [5, 5.41) is 6.08. The van der Waals surface area contributed by atoms with Gasteiger partial charge >= 0.3 is 0 Å². The van der Waals surface area contributed by atoms with E-state index in [0.29, 0.717) is 17.3 Å². The van der Waals surface area contributed by atoms with E-state index in [2.05, 4.69) is 37.3 Å². The van der Waals surface area contributed by atoms with Gasteiger partial charge in [0.2, 0.25) is 0 Å². The van der Waals surface area contributed by atoms with Gasteiger partial charge in [-0.15, -0.1) is 0 Å². The number of ether oxygens (including phenoxy) is 1. The van der Waals surface area contributed by atoms with Crippen LogP contribution in [-0.2, 0) is 4.79 Å². The summed E-state index contributed by atoms with van der Waals surface area (Å²) in [5.41, 5.74) is 2.55. The third kappa shape index (κ3) is 4.73. The van der Waals surface area contributed by atoms with E-state index in [1.807, 2.05) is 36.4 Å². The van der Waals surface area contributed by atoms with E-state index in [9.17, 15) is 9.18 Å². The number of anilines is 4. The van der Waals surface area contributed by atoms with Gasteiger partial charge in [0.25, 0.3) is 5.91 Å². The topological polar surface area (TPSA) is 82.6 Å². The first-order valence-corrected chi connectivity index (χ1v) is 11.0. The van der Waals surface area contributed by atoms with Crippen LogP contribution >= 0.6 is 0 Å². The van der Waals surface area contributed by atoms with Crippen LogP contribution in [-0.4, -0.2) is 53.6 Å². The average molecular weight is 449 g/mol. The van der Waals surface area contributed by atoms with E-state index < -0.39 is 0 Å². The van der Waals surface area contributed by atoms with Crippen molar-refractivity contribution in [2.75, 3.05) is 48.3 Å². The number of carbonyl (C=O) groups excluding carboxylic acids is 1. The standard InChI is InChI=1S/C24H25FN6O2/c1-16(17-2-4-18(25)5-3-17)30-8-10-31(11-9-30)23-13-22(26-15-27-23)28-19-6-7-21-20(12-19)29-24(32)14-33-21/h2-7,12-13,15-16H,8-11,14H2,1H3,(H,29,32)(H,26,27,28)/t16-/m0/s1. The SMILES string of the molecule is C[C@@H](c1ccc(F)cc1)N1CCN(c2cc(Nc3ccc4c(c3)NC(=O)CO4)ncn2)CC1. The Bertz CT molecular complexity index is 1150. The molecule has 2 aliphatic heterocycles. The summed E-state index contributed by atoms with van der Waals surface area (Å²) >= 11 is 0. The van der Waals surface area contributed by atoms with Crippen molar-refractivity contribution in [3.63, 3.8) is 0 Å². The smallest absolute Gasteiger partial charge is 0.262 e. The summed E-state index contributed by atoms with van der Waals surface area (Å²) in [7, 11) is 0. The number of nitrogens with one attached hydrogen (secondary N) is 2. The molecular weight excluding hydrogens is 423 g/mol. The molecule has 1 fully saturated rings. The molecule has 0 bridgehead atoms. The van der Waals surface area contributed by atoms with Crippen LogP contribution in [0.2, 0.25) is 0 Å². The minimum absolute atomic E-state index is 0.0327. The quantitative estimate of drug-likeness (QED) is 0.617. The molecule has 0 saturated carbocycles. The summed E-state index contributed by atoms with van der Waals surface area (Å²) in [6, 6.07) is 14.4. The number of piperazine rings is 1. The average Bonchev–Trinajstić information content (AvgIpc) is 2.84. The molecular formula is C24H25FN6O2. The lowest BCUT2D eigenvalue weighted by atomic mass is 10.1. The lowest BCUT2D eigenvalue weighted by Crippen LogP contribution is -2.47. The monoisotopic (exact) mass is 448 g/mol. The molecule has 3 heterocycles. The molecule has 0 unspecified atom stereocenters. The zero-order valence-corrected chi connectivity index (χ0v) is 18.3. The van der Waals surface area contributed by atoms with Gasteiger partial charge in [0.15, 0.2) is 6.61 Å². The zero-order valence-electron chi connectivity index (χ0n) is 18.3. The van der Waals surface area contributed by atoms with Crippen molar-refractivity contribution < 1.29 is 13.9 Å². The van der Waals surface area contributed by atoms with Crippen LogP contribution in [0.5, 0.6) is 5.75 Å². The van der Waals surface area contributed by atoms with Crippen molar-refractivity contribution in [2.45, 2.75) is 13.0 Å². The molecule has 9 heteroatoms. The highest BCUT2D eigenvalue weighted by molar-refractivity contribution is 5.96. The predicted octanol–water partition coefficient (Wildman–Crippen LogP) is 3.57. The van der Waals surface area contributed by atoms with Crippen LogP contribution < -0.4 is 20.3 Å². The van der Waals surface area contributed by atoms with E-state index >= 15 is 0 Å². The van der Waals surface area contributed by atoms with E-state index in [-0.39, 0.29) is 24.4 Å². The maximum absolute atomic E-state index is 13.2. The fraction of sp³-hybridized carbons (Fsp3) is 0.292. The summed E-state index contributed by atoms with van der Waals surface area (Å²) < 4.78 is 18.6. The summed E-state index contributed by atoms with van der Waals surface area (Å²) in [6.07, 6.45) is 1.55. The van der Waals surface area contributed by atoms with E-state index in [1.54, 1.807) is 6.33 Å². The first-order valence-electron chi connectivity index (χ1n) is 11.0. The predicted molar refractivity (Wildman–Crippen MR) is 124 cm³/mol. The highest BCUT2D eigenvalue weighted by Gasteiger charge is 2.23. The molecule has 2 aromatic carbocycles. The second-order valence-corrected chi connectivity index (χ2v) is 8.18. The number of carbonyl (C=O) groups is 1. The van der Waals surface area contributed by atoms with E-state index in [0.717, 1.165) is 43.2 Å². The molecule has 33 heavy (non-hydrogen) atoms. The third-order valence-electron chi connectivity index (χ3n) is 6.08. The van der Waals surface area contributed by atoms with Gasteiger partial charge in [-0.05, 0) is 42.8 Å². The van der Waals surface area contributed by atoms with E-state index in [4.69, 9.17) is 4.74 Å². The second kappa shape index (κ2) is 9.03. The van der Waals surface area contributed by atoms with Gasteiger partial charge in [-0.25, -0.2) is 14.4 Å². The lowest BCUT2D eigenvalue weighted by Gasteiger charge is -2.38. The molecule has 0 aliphatic carbocycles. The van der Waals surface area contributed by atoms with Gasteiger partial charge in [0.05, 0.1) is 5.69 Å². The van der Waals surface area contributed by atoms with Gasteiger partial charge in [0.1, 0.15) is 29.5 Å².